The molecule has 1 aliphatic rings. The van der Waals surface area contributed by atoms with Gasteiger partial charge in [-0.3, -0.25) is 14.6 Å². The van der Waals surface area contributed by atoms with Crippen LogP contribution in [0.25, 0.3) is 5.76 Å². The number of benzene rings is 2. The number of halogens is 1. The highest BCUT2D eigenvalue weighted by Gasteiger charge is 2.46. The number of carbonyl (C=O) groups is 2. The van der Waals surface area contributed by atoms with Gasteiger partial charge in [0.05, 0.1) is 23.7 Å². The molecule has 1 fully saturated rings. The SMILES string of the molecule is COc1cc(/C(O)=C2/C(=O)C(=O)N(Cc3ccncc3)C2c2cccc(C)c2)ccc1Cl. The molecule has 1 amide bonds. The summed E-state index contributed by atoms with van der Waals surface area (Å²) in [6, 6.07) is 15.1. The van der Waals surface area contributed by atoms with Crippen LogP contribution < -0.4 is 4.74 Å². The molecule has 32 heavy (non-hydrogen) atoms. The van der Waals surface area contributed by atoms with Crippen molar-refractivity contribution in [3.05, 3.63) is 99.8 Å². The minimum absolute atomic E-state index is 0.0269. The molecule has 1 aromatic heterocycles. The first-order valence-electron chi connectivity index (χ1n) is 9.98. The topological polar surface area (TPSA) is 79.7 Å². The second-order valence-electron chi connectivity index (χ2n) is 7.55. The van der Waals surface area contributed by atoms with Crippen LogP contribution in [-0.2, 0) is 16.1 Å². The Hall–Kier alpha value is -3.64. The molecule has 3 aromatic rings. The predicted molar refractivity (Wildman–Crippen MR) is 121 cm³/mol. The lowest BCUT2D eigenvalue weighted by Crippen LogP contribution is -2.29. The van der Waals surface area contributed by atoms with Crippen molar-refractivity contribution in [3.63, 3.8) is 0 Å². The number of amides is 1. The van der Waals surface area contributed by atoms with Gasteiger partial charge in [0.15, 0.2) is 0 Å². The molecule has 0 saturated carbocycles. The molecule has 2 aromatic carbocycles. The maximum absolute atomic E-state index is 13.1. The summed E-state index contributed by atoms with van der Waals surface area (Å²) in [6.45, 7) is 2.13. The number of rotatable bonds is 5. The van der Waals surface area contributed by atoms with Gasteiger partial charge in [0.25, 0.3) is 11.7 Å². The molecule has 1 atom stereocenters. The number of ketones is 1. The van der Waals surface area contributed by atoms with Crippen LogP contribution in [0.1, 0.15) is 28.3 Å². The van der Waals surface area contributed by atoms with Crippen LogP contribution in [-0.4, -0.2) is 33.8 Å². The third-order valence-corrected chi connectivity index (χ3v) is 5.74. The lowest BCUT2D eigenvalue weighted by Gasteiger charge is -2.25. The van der Waals surface area contributed by atoms with Crippen molar-refractivity contribution in [3.8, 4) is 5.75 Å². The first-order chi connectivity index (χ1) is 15.4. The van der Waals surface area contributed by atoms with E-state index in [1.165, 1.54) is 12.0 Å². The maximum Gasteiger partial charge on any atom is 0.295 e. The molecule has 0 bridgehead atoms. The molecule has 1 aliphatic heterocycles. The van der Waals surface area contributed by atoms with Gasteiger partial charge in [0, 0.05) is 24.5 Å². The molecule has 1 saturated heterocycles. The molecule has 0 spiro atoms. The molecule has 4 rings (SSSR count). The summed E-state index contributed by atoms with van der Waals surface area (Å²) in [5.41, 5.74) is 2.91. The van der Waals surface area contributed by atoms with E-state index in [9.17, 15) is 14.7 Å². The first kappa shape index (κ1) is 21.6. The fraction of sp³-hybridized carbons (Fsp3) is 0.160. The highest BCUT2D eigenvalue weighted by molar-refractivity contribution is 6.46. The highest BCUT2D eigenvalue weighted by Crippen LogP contribution is 2.41. The summed E-state index contributed by atoms with van der Waals surface area (Å²) in [4.78, 5) is 31.7. The molecular weight excluding hydrogens is 428 g/mol. The van der Waals surface area contributed by atoms with E-state index >= 15 is 0 Å². The Bertz CT molecular complexity index is 1220. The minimum atomic E-state index is -0.746. The molecule has 162 valence electrons. The van der Waals surface area contributed by atoms with E-state index in [4.69, 9.17) is 16.3 Å². The third-order valence-electron chi connectivity index (χ3n) is 5.42. The van der Waals surface area contributed by atoms with Gasteiger partial charge in [0.2, 0.25) is 0 Å². The fourth-order valence-electron chi connectivity index (χ4n) is 3.88. The normalized spacial score (nSPS) is 17.6. The average molecular weight is 449 g/mol. The maximum atomic E-state index is 13.1. The first-order valence-corrected chi connectivity index (χ1v) is 10.4. The van der Waals surface area contributed by atoms with Crippen molar-refractivity contribution in [2.24, 2.45) is 0 Å². The number of aliphatic hydroxyl groups excluding tert-OH is 1. The predicted octanol–water partition coefficient (Wildman–Crippen LogP) is 4.67. The van der Waals surface area contributed by atoms with Crippen LogP contribution in [0, 0.1) is 6.92 Å². The number of pyridine rings is 1. The number of aromatic nitrogens is 1. The summed E-state index contributed by atoms with van der Waals surface area (Å²) in [6.07, 6.45) is 3.27. The number of aryl methyl sites for hydroxylation is 1. The van der Waals surface area contributed by atoms with Gasteiger partial charge < -0.3 is 14.7 Å². The number of likely N-dealkylation sites (tertiary alicyclic amines) is 1. The van der Waals surface area contributed by atoms with Crippen LogP contribution in [0.2, 0.25) is 5.02 Å². The number of ether oxygens (including phenoxy) is 1. The van der Waals surface area contributed by atoms with Crippen molar-refractivity contribution < 1.29 is 19.4 Å². The van der Waals surface area contributed by atoms with E-state index in [1.807, 2.05) is 31.2 Å². The van der Waals surface area contributed by atoms with E-state index in [-0.39, 0.29) is 17.9 Å². The lowest BCUT2D eigenvalue weighted by atomic mass is 9.94. The van der Waals surface area contributed by atoms with Crippen LogP contribution in [0.3, 0.4) is 0 Å². The van der Waals surface area contributed by atoms with E-state index in [0.29, 0.717) is 16.3 Å². The summed E-state index contributed by atoms with van der Waals surface area (Å²) in [7, 11) is 1.46. The number of nitrogens with zero attached hydrogens (tertiary/aromatic N) is 2. The Morgan fingerprint density at radius 1 is 1.12 bits per heavy atom. The van der Waals surface area contributed by atoms with Crippen molar-refractivity contribution in [1.29, 1.82) is 0 Å². The van der Waals surface area contributed by atoms with Crippen LogP contribution in [0.4, 0.5) is 0 Å². The van der Waals surface area contributed by atoms with Gasteiger partial charge >= 0.3 is 0 Å². The van der Waals surface area contributed by atoms with Crippen molar-refractivity contribution in [2.45, 2.75) is 19.5 Å². The van der Waals surface area contributed by atoms with Crippen LogP contribution in [0.15, 0.2) is 72.6 Å². The number of Topliss-reactive ketones (excluding diaryl/α,β-unsaturated/α-hetero) is 1. The zero-order valence-corrected chi connectivity index (χ0v) is 18.3. The van der Waals surface area contributed by atoms with Gasteiger partial charge in [-0.15, -0.1) is 0 Å². The van der Waals surface area contributed by atoms with E-state index in [2.05, 4.69) is 4.98 Å². The Morgan fingerprint density at radius 2 is 1.88 bits per heavy atom. The number of hydrogen-bond donors (Lipinski definition) is 1. The zero-order chi connectivity index (χ0) is 22.8. The van der Waals surface area contributed by atoms with Gasteiger partial charge in [-0.1, -0.05) is 41.4 Å². The second-order valence-corrected chi connectivity index (χ2v) is 7.95. The Morgan fingerprint density at radius 3 is 2.56 bits per heavy atom. The zero-order valence-electron chi connectivity index (χ0n) is 17.6. The quantitative estimate of drug-likeness (QED) is 0.348. The number of methoxy groups -OCH3 is 1. The molecule has 0 radical (unpaired) electrons. The summed E-state index contributed by atoms with van der Waals surface area (Å²) < 4.78 is 5.24. The van der Waals surface area contributed by atoms with Gasteiger partial charge in [0.1, 0.15) is 11.5 Å². The second kappa shape index (κ2) is 8.85. The standard InChI is InChI=1S/C25H21ClN2O4/c1-15-4-3-5-17(12-15)22-21(23(29)18-6-7-19(26)20(13-18)32-2)24(30)25(31)28(22)14-16-8-10-27-11-9-16/h3-13,22,29H,14H2,1-2H3/b23-21-. The molecule has 0 aliphatic carbocycles. The highest BCUT2D eigenvalue weighted by atomic mass is 35.5. The molecule has 7 heteroatoms. The average Bonchev–Trinajstić information content (AvgIpc) is 3.04. The molecule has 1 unspecified atom stereocenters. The monoisotopic (exact) mass is 448 g/mol. The molecular formula is C25H21ClN2O4. The minimum Gasteiger partial charge on any atom is -0.507 e. The fourth-order valence-corrected chi connectivity index (χ4v) is 4.07. The Balaban J connectivity index is 1.88. The van der Waals surface area contributed by atoms with Gasteiger partial charge in [-0.2, -0.15) is 0 Å². The van der Waals surface area contributed by atoms with Crippen LogP contribution in [0.5, 0.6) is 5.75 Å². The number of aliphatic hydroxyl groups is 1. The molecule has 2 heterocycles. The van der Waals surface area contributed by atoms with Crippen molar-refractivity contribution >= 4 is 29.1 Å². The Labute approximate surface area is 190 Å². The third kappa shape index (κ3) is 3.97. The summed E-state index contributed by atoms with van der Waals surface area (Å²) in [5.74, 6) is -1.33. The molecule has 6 nitrogen and oxygen atoms in total. The van der Waals surface area contributed by atoms with E-state index in [0.717, 1.165) is 16.7 Å². The summed E-state index contributed by atoms with van der Waals surface area (Å²) in [5, 5.41) is 11.5. The van der Waals surface area contributed by atoms with E-state index < -0.39 is 17.7 Å². The summed E-state index contributed by atoms with van der Waals surface area (Å²) >= 11 is 6.11. The largest absolute Gasteiger partial charge is 0.507 e. The Kier molecular flexibility index (Phi) is 5.97. The van der Waals surface area contributed by atoms with Crippen molar-refractivity contribution in [2.75, 3.05) is 7.11 Å². The van der Waals surface area contributed by atoms with Crippen molar-refractivity contribution in [1.82, 2.24) is 9.88 Å². The van der Waals surface area contributed by atoms with Gasteiger partial charge in [-0.25, -0.2) is 0 Å². The number of hydrogen-bond acceptors (Lipinski definition) is 5. The molecule has 1 N–H and O–H groups in total. The lowest BCUT2D eigenvalue weighted by molar-refractivity contribution is -0.140. The smallest absolute Gasteiger partial charge is 0.295 e. The van der Waals surface area contributed by atoms with E-state index in [1.54, 1.807) is 42.7 Å². The van der Waals surface area contributed by atoms with Crippen LogP contribution >= 0.6 is 11.6 Å². The number of carbonyl (C=O) groups excluding carboxylic acids is 2. The van der Waals surface area contributed by atoms with Gasteiger partial charge in [-0.05, 0) is 48.4 Å².